The van der Waals surface area contributed by atoms with Crippen LogP contribution in [0.25, 0.3) is 10.9 Å². The summed E-state index contributed by atoms with van der Waals surface area (Å²) in [5, 5.41) is 3.92. The zero-order chi connectivity index (χ0) is 20.4. The van der Waals surface area contributed by atoms with Gasteiger partial charge in [0.2, 0.25) is 0 Å². The van der Waals surface area contributed by atoms with Crippen molar-refractivity contribution >= 4 is 23.0 Å². The first-order valence-electron chi connectivity index (χ1n) is 9.14. The van der Waals surface area contributed by atoms with E-state index in [0.29, 0.717) is 6.42 Å². The molecule has 0 radical (unpaired) electrons. The van der Waals surface area contributed by atoms with E-state index in [2.05, 4.69) is 5.32 Å². The number of rotatable bonds is 4. The minimum absolute atomic E-state index is 0.320. The highest BCUT2D eigenvalue weighted by Gasteiger charge is 2.26. The van der Waals surface area contributed by atoms with Crippen molar-refractivity contribution in [3.05, 3.63) is 36.0 Å². The summed E-state index contributed by atoms with van der Waals surface area (Å²) < 4.78 is 12.5. The molecule has 0 saturated heterocycles. The Kier molecular flexibility index (Phi) is 6.00. The number of ether oxygens (including phenoxy) is 2. The Morgan fingerprint density at radius 2 is 1.63 bits per heavy atom. The molecule has 6 nitrogen and oxygen atoms in total. The van der Waals surface area contributed by atoms with E-state index < -0.39 is 23.3 Å². The fourth-order valence-electron chi connectivity index (χ4n) is 2.77. The number of nitrogens with one attached hydrogen (secondary N) is 1. The number of hydrogen-bond acceptors (Lipinski definition) is 5. The van der Waals surface area contributed by atoms with E-state index in [4.69, 9.17) is 9.47 Å². The van der Waals surface area contributed by atoms with Gasteiger partial charge in [0.25, 0.3) is 0 Å². The topological polar surface area (TPSA) is 69.6 Å². The Hall–Kier alpha value is -2.34. The number of likely N-dealkylation sites (N-methyl/N-ethyl adjacent to an activating group) is 1. The minimum atomic E-state index is -0.591. The zero-order valence-corrected chi connectivity index (χ0v) is 17.3. The molecule has 1 aromatic carbocycles. The van der Waals surface area contributed by atoms with Gasteiger partial charge in [-0.15, -0.1) is 0 Å². The van der Waals surface area contributed by atoms with E-state index in [1.54, 1.807) is 13.2 Å². The van der Waals surface area contributed by atoms with Crippen LogP contribution < -0.4 is 5.32 Å². The summed E-state index contributed by atoms with van der Waals surface area (Å²) in [4.78, 5) is 25.1. The van der Waals surface area contributed by atoms with Crippen LogP contribution in [0.3, 0.4) is 0 Å². The third kappa shape index (κ3) is 5.57. The summed E-state index contributed by atoms with van der Waals surface area (Å²) in [5.74, 6) is -0.320. The molecule has 0 aliphatic rings. The second kappa shape index (κ2) is 7.72. The second-order valence-corrected chi connectivity index (χ2v) is 8.60. The number of fused-ring (bicyclic) bond motifs is 1. The first-order valence-corrected chi connectivity index (χ1v) is 9.14. The normalized spacial score (nSPS) is 13.4. The minimum Gasteiger partial charge on any atom is -0.459 e. The lowest BCUT2D eigenvalue weighted by atomic mass is 10.0. The standard InChI is InChI=1S/C21H30N2O4/c1-20(2,3)26-18(24)16(22-7)12-14-13-23(19(25)27-21(4,5)6)17-11-9-8-10-15(14)17/h8-11,13,16,22H,12H2,1-7H3/t16-/m0/s1. The highest BCUT2D eigenvalue weighted by molar-refractivity contribution is 5.92. The third-order valence-electron chi connectivity index (χ3n) is 3.85. The molecule has 2 rings (SSSR count). The van der Waals surface area contributed by atoms with Crippen LogP contribution in [0, 0.1) is 0 Å². The molecule has 0 bridgehead atoms. The van der Waals surface area contributed by atoms with Gasteiger partial charge in [0.05, 0.1) is 5.52 Å². The Morgan fingerprint density at radius 1 is 1.04 bits per heavy atom. The predicted octanol–water partition coefficient (Wildman–Crippen LogP) is 3.90. The van der Waals surface area contributed by atoms with Crippen molar-refractivity contribution in [2.45, 2.75) is 65.2 Å². The monoisotopic (exact) mass is 374 g/mol. The molecular formula is C21H30N2O4. The van der Waals surface area contributed by atoms with Crippen LogP contribution in [0.1, 0.15) is 47.1 Å². The second-order valence-electron chi connectivity index (χ2n) is 8.60. The lowest BCUT2D eigenvalue weighted by molar-refractivity contribution is -0.157. The zero-order valence-electron chi connectivity index (χ0n) is 17.3. The maximum Gasteiger partial charge on any atom is 0.419 e. The Balaban J connectivity index is 2.36. The maximum atomic E-state index is 12.6. The van der Waals surface area contributed by atoms with Gasteiger partial charge < -0.3 is 14.8 Å². The fraction of sp³-hybridized carbons (Fsp3) is 0.524. The van der Waals surface area contributed by atoms with Crippen molar-refractivity contribution in [2.24, 2.45) is 0 Å². The van der Waals surface area contributed by atoms with Crippen LogP contribution >= 0.6 is 0 Å². The van der Waals surface area contributed by atoms with Crippen molar-refractivity contribution in [2.75, 3.05) is 7.05 Å². The predicted molar refractivity (Wildman–Crippen MR) is 106 cm³/mol. The molecular weight excluding hydrogens is 344 g/mol. The Bertz CT molecular complexity index is 825. The number of benzene rings is 1. The van der Waals surface area contributed by atoms with E-state index in [9.17, 15) is 9.59 Å². The molecule has 0 fully saturated rings. The smallest absolute Gasteiger partial charge is 0.419 e. The number of nitrogens with zero attached hydrogens (tertiary/aromatic N) is 1. The van der Waals surface area contributed by atoms with Crippen LogP contribution in [0.15, 0.2) is 30.5 Å². The molecule has 6 heteroatoms. The SMILES string of the molecule is CN[C@@H](Cc1cn(C(=O)OC(C)(C)C)c2ccccc12)C(=O)OC(C)(C)C. The molecule has 0 aliphatic carbocycles. The van der Waals surface area contributed by atoms with Crippen LogP contribution in [-0.2, 0) is 20.7 Å². The van der Waals surface area contributed by atoms with Gasteiger partial charge >= 0.3 is 12.1 Å². The number of carbonyl (C=O) groups excluding carboxylic acids is 2. The molecule has 1 atom stereocenters. The van der Waals surface area contributed by atoms with Crippen molar-refractivity contribution in [1.29, 1.82) is 0 Å². The number of aromatic nitrogens is 1. The van der Waals surface area contributed by atoms with Gasteiger partial charge in [0.1, 0.15) is 17.2 Å². The number of carbonyl (C=O) groups is 2. The van der Waals surface area contributed by atoms with Crippen molar-refractivity contribution < 1.29 is 19.1 Å². The lowest BCUT2D eigenvalue weighted by Crippen LogP contribution is -2.41. The molecule has 0 saturated carbocycles. The van der Waals surface area contributed by atoms with E-state index >= 15 is 0 Å². The Morgan fingerprint density at radius 3 is 2.19 bits per heavy atom. The highest BCUT2D eigenvalue weighted by Crippen LogP contribution is 2.24. The van der Waals surface area contributed by atoms with Crippen LogP contribution in [-0.4, -0.2) is 40.9 Å². The number of para-hydroxylation sites is 1. The third-order valence-corrected chi connectivity index (χ3v) is 3.85. The van der Waals surface area contributed by atoms with E-state index in [-0.39, 0.29) is 5.97 Å². The van der Waals surface area contributed by atoms with Crippen LogP contribution in [0.4, 0.5) is 4.79 Å². The van der Waals surface area contributed by atoms with Gasteiger partial charge in [0, 0.05) is 18.0 Å². The van der Waals surface area contributed by atoms with Gasteiger partial charge in [-0.3, -0.25) is 9.36 Å². The van der Waals surface area contributed by atoms with Gasteiger partial charge in [-0.25, -0.2) is 4.79 Å². The van der Waals surface area contributed by atoms with Gasteiger partial charge in [0.15, 0.2) is 0 Å². The molecule has 148 valence electrons. The summed E-state index contributed by atoms with van der Waals surface area (Å²) in [6, 6.07) is 7.07. The maximum absolute atomic E-state index is 12.6. The quantitative estimate of drug-likeness (QED) is 0.822. The highest BCUT2D eigenvalue weighted by atomic mass is 16.6. The number of hydrogen-bond donors (Lipinski definition) is 1. The van der Waals surface area contributed by atoms with Gasteiger partial charge in [-0.1, -0.05) is 18.2 Å². The average Bonchev–Trinajstić information content (AvgIpc) is 2.88. The summed E-state index contributed by atoms with van der Waals surface area (Å²) in [5.41, 5.74) is 0.478. The molecule has 1 heterocycles. The molecule has 0 unspecified atom stereocenters. The largest absolute Gasteiger partial charge is 0.459 e. The van der Waals surface area contributed by atoms with Crippen molar-refractivity contribution in [3.63, 3.8) is 0 Å². The van der Waals surface area contributed by atoms with Gasteiger partial charge in [-0.2, -0.15) is 0 Å². The van der Waals surface area contributed by atoms with Crippen molar-refractivity contribution in [3.8, 4) is 0 Å². The summed E-state index contributed by atoms with van der Waals surface area (Å²) in [7, 11) is 1.72. The average molecular weight is 374 g/mol. The van der Waals surface area contributed by atoms with E-state index in [0.717, 1.165) is 16.5 Å². The fourth-order valence-corrected chi connectivity index (χ4v) is 2.77. The van der Waals surface area contributed by atoms with E-state index in [1.165, 1.54) is 4.57 Å². The molecule has 2 aromatic rings. The van der Waals surface area contributed by atoms with E-state index in [1.807, 2.05) is 65.8 Å². The summed E-state index contributed by atoms with van der Waals surface area (Å²) >= 11 is 0. The first-order chi connectivity index (χ1) is 12.4. The Labute approximate surface area is 160 Å². The van der Waals surface area contributed by atoms with Gasteiger partial charge in [-0.05, 0) is 60.2 Å². The molecule has 27 heavy (non-hydrogen) atoms. The van der Waals surface area contributed by atoms with Crippen LogP contribution in [0.5, 0.6) is 0 Å². The lowest BCUT2D eigenvalue weighted by Gasteiger charge is -2.23. The molecule has 0 amide bonds. The van der Waals surface area contributed by atoms with Crippen LogP contribution in [0.2, 0.25) is 0 Å². The molecule has 1 N–H and O–H groups in total. The summed E-state index contributed by atoms with van der Waals surface area (Å²) in [6.45, 7) is 11.0. The molecule has 0 spiro atoms. The summed E-state index contributed by atoms with van der Waals surface area (Å²) in [6.07, 6.45) is 1.71. The molecule has 1 aromatic heterocycles. The first kappa shape index (κ1) is 21.0. The molecule has 0 aliphatic heterocycles. The van der Waals surface area contributed by atoms with Crippen molar-refractivity contribution in [1.82, 2.24) is 9.88 Å². The number of esters is 1.